The van der Waals surface area contributed by atoms with Gasteiger partial charge in [-0.3, -0.25) is 9.59 Å². The minimum atomic E-state index is -0.0563. The summed E-state index contributed by atoms with van der Waals surface area (Å²) < 4.78 is 5.45. The minimum Gasteiger partial charge on any atom is -0.464 e. The standard InChI is InChI=1S/C42H84N2O3/c1-4-6-8-10-12-14-16-18-20-22-24-26-28-30-32-35-41(45)43-37-34-38-44(3)39-40-47-42(46)36-33-31-29-27-25-23-21-19-17-15-13-11-9-7-5-2/h4-40H2,1-3H3,(H,43,45). The first kappa shape index (κ1) is 45.9. The van der Waals surface area contributed by atoms with E-state index in [1.54, 1.807) is 0 Å². The van der Waals surface area contributed by atoms with E-state index in [1.807, 2.05) is 0 Å². The highest BCUT2D eigenvalue weighted by Gasteiger charge is 2.06. The van der Waals surface area contributed by atoms with Crippen molar-refractivity contribution in [3.05, 3.63) is 0 Å². The third kappa shape index (κ3) is 39.2. The molecule has 0 radical (unpaired) electrons. The number of carbonyl (C=O) groups is 2. The number of ether oxygens (including phenoxy) is 1. The lowest BCUT2D eigenvalue weighted by molar-refractivity contribution is -0.144. The Labute approximate surface area is 294 Å². The maximum atomic E-state index is 12.1. The van der Waals surface area contributed by atoms with Crippen molar-refractivity contribution in [2.45, 2.75) is 226 Å². The zero-order chi connectivity index (χ0) is 34.3. The fourth-order valence-corrected chi connectivity index (χ4v) is 6.46. The number of hydrogen-bond donors (Lipinski definition) is 1. The van der Waals surface area contributed by atoms with Crippen LogP contribution >= 0.6 is 0 Å². The third-order valence-corrected chi connectivity index (χ3v) is 9.77. The highest BCUT2D eigenvalue weighted by molar-refractivity contribution is 5.75. The number of nitrogens with zero attached hydrogens (tertiary/aromatic N) is 1. The van der Waals surface area contributed by atoms with Gasteiger partial charge in [0.05, 0.1) is 0 Å². The molecule has 0 heterocycles. The summed E-state index contributed by atoms with van der Waals surface area (Å²) in [5, 5.41) is 3.07. The fraction of sp³-hybridized carbons (Fsp3) is 0.952. The molecular formula is C42H84N2O3. The van der Waals surface area contributed by atoms with E-state index in [2.05, 4.69) is 31.1 Å². The first-order valence-electron chi connectivity index (χ1n) is 21.2. The summed E-state index contributed by atoms with van der Waals surface area (Å²) in [6.45, 7) is 7.39. The predicted molar refractivity (Wildman–Crippen MR) is 205 cm³/mol. The molecule has 0 saturated heterocycles. The molecule has 1 N–H and O–H groups in total. The summed E-state index contributed by atoms with van der Waals surface area (Å²) in [6.07, 6.45) is 42.4. The zero-order valence-corrected chi connectivity index (χ0v) is 32.3. The molecule has 1 amide bonds. The van der Waals surface area contributed by atoms with E-state index in [9.17, 15) is 9.59 Å². The molecule has 0 fully saturated rings. The van der Waals surface area contributed by atoms with Crippen molar-refractivity contribution in [3.63, 3.8) is 0 Å². The van der Waals surface area contributed by atoms with Crippen LogP contribution in [-0.4, -0.2) is 50.1 Å². The lowest BCUT2D eigenvalue weighted by Gasteiger charge is -2.16. The molecule has 0 rings (SSSR count). The molecule has 5 nitrogen and oxygen atoms in total. The van der Waals surface area contributed by atoms with Crippen molar-refractivity contribution in [2.75, 3.05) is 33.3 Å². The summed E-state index contributed by atoms with van der Waals surface area (Å²) in [6, 6.07) is 0. The van der Waals surface area contributed by atoms with E-state index in [1.165, 1.54) is 173 Å². The topological polar surface area (TPSA) is 58.6 Å². The average molecular weight is 665 g/mol. The van der Waals surface area contributed by atoms with E-state index in [-0.39, 0.29) is 11.9 Å². The Hall–Kier alpha value is -1.10. The minimum absolute atomic E-state index is 0.0563. The number of carbonyl (C=O) groups excluding carboxylic acids is 2. The van der Waals surface area contributed by atoms with E-state index in [0.717, 1.165) is 45.3 Å². The summed E-state index contributed by atoms with van der Waals surface area (Å²) in [5.41, 5.74) is 0. The molecule has 0 atom stereocenters. The normalized spacial score (nSPS) is 11.4. The SMILES string of the molecule is CCCCCCCCCCCCCCCCCC(=O)NCCCN(C)CCOC(=O)CCCCCCCCCCCCCCCCC. The van der Waals surface area contributed by atoms with Crippen molar-refractivity contribution in [1.82, 2.24) is 10.2 Å². The molecular weight excluding hydrogens is 580 g/mol. The smallest absolute Gasteiger partial charge is 0.305 e. The lowest BCUT2D eigenvalue weighted by Crippen LogP contribution is -2.30. The monoisotopic (exact) mass is 665 g/mol. The van der Waals surface area contributed by atoms with Gasteiger partial charge < -0.3 is 15.0 Å². The van der Waals surface area contributed by atoms with Crippen molar-refractivity contribution in [2.24, 2.45) is 0 Å². The van der Waals surface area contributed by atoms with Crippen molar-refractivity contribution >= 4 is 11.9 Å². The number of esters is 1. The van der Waals surface area contributed by atoms with Gasteiger partial charge in [-0.1, -0.05) is 194 Å². The van der Waals surface area contributed by atoms with Crippen LogP contribution in [0.3, 0.4) is 0 Å². The van der Waals surface area contributed by atoms with Crippen LogP contribution in [0.15, 0.2) is 0 Å². The zero-order valence-electron chi connectivity index (χ0n) is 32.3. The lowest BCUT2D eigenvalue weighted by atomic mass is 10.0. The van der Waals surface area contributed by atoms with E-state index >= 15 is 0 Å². The number of nitrogens with one attached hydrogen (secondary N) is 1. The van der Waals surface area contributed by atoms with Gasteiger partial charge in [0, 0.05) is 25.9 Å². The number of rotatable bonds is 39. The number of unbranched alkanes of at least 4 members (excludes halogenated alkanes) is 28. The van der Waals surface area contributed by atoms with Gasteiger partial charge in [0.2, 0.25) is 5.91 Å². The maximum absolute atomic E-state index is 12.1. The van der Waals surface area contributed by atoms with Crippen LogP contribution < -0.4 is 5.32 Å². The van der Waals surface area contributed by atoms with Gasteiger partial charge in [0.1, 0.15) is 6.61 Å². The van der Waals surface area contributed by atoms with Crippen LogP contribution in [0.25, 0.3) is 0 Å². The van der Waals surface area contributed by atoms with Crippen LogP contribution in [0.2, 0.25) is 0 Å². The van der Waals surface area contributed by atoms with Crippen LogP contribution in [0.4, 0.5) is 0 Å². The number of hydrogen-bond acceptors (Lipinski definition) is 4. The molecule has 0 aliphatic carbocycles. The maximum Gasteiger partial charge on any atom is 0.305 e. The first-order chi connectivity index (χ1) is 23.1. The summed E-state index contributed by atoms with van der Waals surface area (Å²) >= 11 is 0. The van der Waals surface area contributed by atoms with Gasteiger partial charge in [-0.05, 0) is 32.9 Å². The summed E-state index contributed by atoms with van der Waals surface area (Å²) in [7, 11) is 2.06. The highest BCUT2D eigenvalue weighted by atomic mass is 16.5. The average Bonchev–Trinajstić information content (AvgIpc) is 3.06. The van der Waals surface area contributed by atoms with E-state index in [4.69, 9.17) is 4.74 Å². The third-order valence-electron chi connectivity index (χ3n) is 9.77. The molecule has 0 saturated carbocycles. The van der Waals surface area contributed by atoms with Crippen LogP contribution in [0.1, 0.15) is 226 Å². The summed E-state index contributed by atoms with van der Waals surface area (Å²) in [4.78, 5) is 26.4. The van der Waals surface area contributed by atoms with Crippen LogP contribution in [0, 0.1) is 0 Å². The Bertz CT molecular complexity index is 641. The van der Waals surface area contributed by atoms with Gasteiger partial charge in [-0.15, -0.1) is 0 Å². The molecule has 0 aromatic heterocycles. The second-order valence-corrected chi connectivity index (χ2v) is 14.6. The molecule has 280 valence electrons. The van der Waals surface area contributed by atoms with E-state index < -0.39 is 0 Å². The second-order valence-electron chi connectivity index (χ2n) is 14.6. The molecule has 0 spiro atoms. The first-order valence-corrected chi connectivity index (χ1v) is 21.2. The Balaban J connectivity index is 3.35. The fourth-order valence-electron chi connectivity index (χ4n) is 6.46. The van der Waals surface area contributed by atoms with Gasteiger partial charge in [-0.2, -0.15) is 0 Å². The van der Waals surface area contributed by atoms with Crippen LogP contribution in [0.5, 0.6) is 0 Å². The molecule has 0 aliphatic heterocycles. The van der Waals surface area contributed by atoms with Gasteiger partial charge in [0.15, 0.2) is 0 Å². The van der Waals surface area contributed by atoms with Gasteiger partial charge in [-0.25, -0.2) is 0 Å². The summed E-state index contributed by atoms with van der Waals surface area (Å²) in [5.74, 6) is 0.134. The predicted octanol–water partition coefficient (Wildman–Crippen LogP) is 12.5. The number of likely N-dealkylation sites (N-methyl/N-ethyl adjacent to an activating group) is 1. The Morgan fingerprint density at radius 2 is 0.787 bits per heavy atom. The molecule has 0 aromatic carbocycles. The molecule has 0 aliphatic rings. The van der Waals surface area contributed by atoms with Crippen LogP contribution in [-0.2, 0) is 14.3 Å². The van der Waals surface area contributed by atoms with Crippen molar-refractivity contribution in [3.8, 4) is 0 Å². The molecule has 47 heavy (non-hydrogen) atoms. The Kier molecular flexibility index (Phi) is 38.4. The van der Waals surface area contributed by atoms with Gasteiger partial charge in [0.25, 0.3) is 0 Å². The van der Waals surface area contributed by atoms with Gasteiger partial charge >= 0.3 is 5.97 Å². The second kappa shape index (κ2) is 39.3. The number of amides is 1. The van der Waals surface area contributed by atoms with E-state index in [0.29, 0.717) is 19.4 Å². The molecule has 0 unspecified atom stereocenters. The quantitative estimate of drug-likeness (QED) is 0.0525. The highest BCUT2D eigenvalue weighted by Crippen LogP contribution is 2.15. The van der Waals surface area contributed by atoms with Crippen molar-refractivity contribution < 1.29 is 14.3 Å². The Morgan fingerprint density at radius 3 is 1.17 bits per heavy atom. The molecule has 0 aromatic rings. The van der Waals surface area contributed by atoms with Crippen molar-refractivity contribution in [1.29, 1.82) is 0 Å². The largest absolute Gasteiger partial charge is 0.464 e. The molecule has 5 heteroatoms. The Morgan fingerprint density at radius 1 is 0.447 bits per heavy atom. The molecule has 0 bridgehead atoms.